The highest BCUT2D eigenvalue weighted by Gasteiger charge is 2.07. The van der Waals surface area contributed by atoms with Crippen LogP contribution in [0.4, 0.5) is 9.59 Å². The molecule has 0 unspecified atom stereocenters. The summed E-state index contributed by atoms with van der Waals surface area (Å²) in [6, 6.07) is 0. The lowest BCUT2D eigenvalue weighted by Crippen LogP contribution is -2.19. The van der Waals surface area contributed by atoms with Gasteiger partial charge in [-0.3, -0.25) is 0 Å². The van der Waals surface area contributed by atoms with Crippen molar-refractivity contribution < 1.29 is 23.9 Å². The smallest absolute Gasteiger partial charge is 0.437 e. The summed E-state index contributed by atoms with van der Waals surface area (Å²) in [5.74, 6) is 0.169. The topological polar surface area (TPSA) is 97.5 Å². The fourth-order valence-electron chi connectivity index (χ4n) is 1.07. The van der Waals surface area contributed by atoms with Crippen LogP contribution in [0.15, 0.2) is 37.4 Å². The van der Waals surface area contributed by atoms with E-state index < -0.39 is 12.2 Å². The van der Waals surface area contributed by atoms with Crippen LogP contribution in [0.2, 0.25) is 0 Å². The Labute approximate surface area is 126 Å². The van der Waals surface area contributed by atoms with Gasteiger partial charge in [0.05, 0.1) is 6.20 Å². The highest BCUT2D eigenvalue weighted by atomic mass is 33.1. The van der Waals surface area contributed by atoms with Crippen molar-refractivity contribution in [2.24, 2.45) is 0 Å². The fourth-order valence-corrected chi connectivity index (χ4v) is 2.20. The molecule has 0 aliphatic rings. The normalized spacial score (nSPS) is 10.1. The molecule has 0 spiro atoms. The third kappa shape index (κ3) is 5.39. The Balaban J connectivity index is 1.50. The molecule has 9 nitrogen and oxygen atoms in total. The summed E-state index contributed by atoms with van der Waals surface area (Å²) in [5.41, 5.74) is 0. The molecule has 0 saturated heterocycles. The molecule has 0 atom stereocenters. The molecule has 0 aliphatic heterocycles. The van der Waals surface area contributed by atoms with Gasteiger partial charge in [-0.2, -0.15) is 4.73 Å². The summed E-state index contributed by atoms with van der Waals surface area (Å²) in [7, 11) is 2.42. The number of hydrogen-bond donors (Lipinski definition) is 0. The first-order valence-corrected chi connectivity index (χ1v) is 7.97. The molecule has 2 rings (SSSR count). The lowest BCUT2D eigenvalue weighted by atomic mass is 10.9. The van der Waals surface area contributed by atoms with Gasteiger partial charge in [0.2, 0.25) is 0 Å². The largest absolute Gasteiger partial charge is 0.534 e. The van der Waals surface area contributed by atoms with E-state index >= 15 is 0 Å². The third-order valence-electron chi connectivity index (χ3n) is 1.91. The molecule has 11 heteroatoms. The van der Waals surface area contributed by atoms with Crippen LogP contribution in [0.1, 0.15) is 0 Å². The summed E-state index contributed by atoms with van der Waals surface area (Å²) in [6.07, 6.45) is 7.16. The number of ether oxygens (including phenoxy) is 2. The third-order valence-corrected chi connectivity index (χ3v) is 3.59. The van der Waals surface area contributed by atoms with Crippen molar-refractivity contribution in [1.82, 2.24) is 19.3 Å². The molecule has 2 heterocycles. The van der Waals surface area contributed by atoms with Gasteiger partial charge in [-0.15, -0.1) is 0 Å². The summed E-state index contributed by atoms with van der Waals surface area (Å²) < 4.78 is 12.0. The zero-order valence-electron chi connectivity index (χ0n) is 10.5. The number of aromatic nitrogens is 4. The Morgan fingerprint density at radius 3 is 2.38 bits per heavy atom. The van der Waals surface area contributed by atoms with Crippen LogP contribution in [0, 0.1) is 0 Å². The predicted octanol–water partition coefficient (Wildman–Crippen LogP) is 1.63. The van der Waals surface area contributed by atoms with Gasteiger partial charge in [-0.05, 0) is 21.6 Å². The van der Waals surface area contributed by atoms with Crippen molar-refractivity contribution >= 4 is 33.8 Å². The van der Waals surface area contributed by atoms with Gasteiger partial charge in [0.15, 0.2) is 5.94 Å². The Morgan fingerprint density at radius 1 is 1.00 bits per heavy atom. The van der Waals surface area contributed by atoms with E-state index in [-0.39, 0.29) is 11.9 Å². The molecule has 112 valence electrons. The number of rotatable bonds is 6. The highest BCUT2D eigenvalue weighted by Crippen LogP contribution is 2.21. The minimum absolute atomic E-state index is 0.0564. The Kier molecular flexibility index (Phi) is 5.97. The second-order valence-corrected chi connectivity index (χ2v) is 5.62. The molecule has 0 radical (unpaired) electrons. The van der Waals surface area contributed by atoms with E-state index in [1.165, 1.54) is 63.6 Å². The predicted molar refractivity (Wildman–Crippen MR) is 74.3 cm³/mol. The summed E-state index contributed by atoms with van der Waals surface area (Å²) in [5, 5.41) is 0. The van der Waals surface area contributed by atoms with E-state index in [4.69, 9.17) is 14.3 Å². The highest BCUT2D eigenvalue weighted by molar-refractivity contribution is 8.76. The standard InChI is InChI=1S/C10H10N4O5S2/c15-9(13-3-1-11-5-13)17-7-20-21-8-18-10(16)19-14-4-2-12-6-14/h1-6H,7-8H2. The van der Waals surface area contributed by atoms with Crippen LogP contribution in [-0.4, -0.2) is 43.4 Å². The van der Waals surface area contributed by atoms with Crippen LogP contribution in [-0.2, 0) is 9.47 Å². The maximum atomic E-state index is 11.4. The second kappa shape index (κ2) is 8.21. The molecular weight excluding hydrogens is 320 g/mol. The van der Waals surface area contributed by atoms with Crippen molar-refractivity contribution in [3.8, 4) is 0 Å². The molecule has 0 bridgehead atoms. The van der Waals surface area contributed by atoms with Crippen molar-refractivity contribution in [3.05, 3.63) is 37.4 Å². The Bertz CT molecular complexity index is 560. The van der Waals surface area contributed by atoms with Crippen molar-refractivity contribution in [2.45, 2.75) is 0 Å². The van der Waals surface area contributed by atoms with Crippen LogP contribution >= 0.6 is 21.6 Å². The minimum Gasteiger partial charge on any atom is -0.437 e. The number of hydrogen-bond acceptors (Lipinski definition) is 9. The van der Waals surface area contributed by atoms with Gasteiger partial charge in [0.1, 0.15) is 18.6 Å². The quantitative estimate of drug-likeness (QED) is 0.339. The number of nitrogens with zero attached hydrogens (tertiary/aromatic N) is 4. The van der Waals surface area contributed by atoms with E-state index in [0.29, 0.717) is 0 Å². The number of imidazole rings is 2. The maximum Gasteiger partial charge on any atom is 0.534 e. The lowest BCUT2D eigenvalue weighted by Gasteiger charge is -2.05. The van der Waals surface area contributed by atoms with Crippen LogP contribution in [0.25, 0.3) is 0 Å². The van der Waals surface area contributed by atoms with Crippen LogP contribution in [0.3, 0.4) is 0 Å². The fraction of sp³-hybridized carbons (Fsp3) is 0.200. The zero-order chi connectivity index (χ0) is 14.9. The van der Waals surface area contributed by atoms with E-state index in [1.54, 1.807) is 0 Å². The molecule has 0 amide bonds. The number of carbonyl (C=O) groups is 2. The first kappa shape index (κ1) is 15.3. The van der Waals surface area contributed by atoms with Gasteiger partial charge >= 0.3 is 12.2 Å². The van der Waals surface area contributed by atoms with E-state index in [0.717, 1.165) is 4.73 Å². The Hall–Kier alpha value is -2.14. The van der Waals surface area contributed by atoms with Gasteiger partial charge in [0, 0.05) is 18.6 Å². The van der Waals surface area contributed by atoms with E-state index in [9.17, 15) is 9.59 Å². The SMILES string of the molecule is O=C(OCSSCOC(=O)n1ccnc1)On1ccnc1. The molecule has 0 saturated carbocycles. The first-order chi connectivity index (χ1) is 10.3. The summed E-state index contributed by atoms with van der Waals surface area (Å²) in [6.45, 7) is 0. The molecule has 2 aromatic rings. The van der Waals surface area contributed by atoms with E-state index in [2.05, 4.69) is 9.97 Å². The minimum atomic E-state index is -0.850. The summed E-state index contributed by atoms with van der Waals surface area (Å²) in [4.78, 5) is 34.7. The van der Waals surface area contributed by atoms with Crippen molar-refractivity contribution in [3.63, 3.8) is 0 Å². The van der Waals surface area contributed by atoms with Gasteiger partial charge in [-0.25, -0.2) is 24.1 Å². The lowest BCUT2D eigenvalue weighted by molar-refractivity contribution is 0.0604. The molecule has 21 heavy (non-hydrogen) atoms. The van der Waals surface area contributed by atoms with Gasteiger partial charge in [-0.1, -0.05) is 0 Å². The maximum absolute atomic E-state index is 11.4. The van der Waals surface area contributed by atoms with Crippen LogP contribution in [0.5, 0.6) is 0 Å². The van der Waals surface area contributed by atoms with E-state index in [1.807, 2.05) is 0 Å². The zero-order valence-corrected chi connectivity index (χ0v) is 12.2. The monoisotopic (exact) mass is 330 g/mol. The van der Waals surface area contributed by atoms with Gasteiger partial charge in [0.25, 0.3) is 0 Å². The average molecular weight is 330 g/mol. The molecule has 0 fully saturated rings. The molecule has 0 aliphatic carbocycles. The Morgan fingerprint density at radius 2 is 1.71 bits per heavy atom. The van der Waals surface area contributed by atoms with Gasteiger partial charge < -0.3 is 14.3 Å². The average Bonchev–Trinajstić information content (AvgIpc) is 3.15. The molecule has 2 aromatic heterocycles. The molecular formula is C10H10N4O5S2. The molecule has 0 N–H and O–H groups in total. The van der Waals surface area contributed by atoms with Crippen LogP contribution < -0.4 is 4.84 Å². The number of carbonyl (C=O) groups excluding carboxylic acids is 2. The second-order valence-electron chi connectivity index (χ2n) is 3.26. The van der Waals surface area contributed by atoms with Crippen molar-refractivity contribution in [2.75, 3.05) is 11.9 Å². The first-order valence-electron chi connectivity index (χ1n) is 5.48. The van der Waals surface area contributed by atoms with Crippen molar-refractivity contribution in [1.29, 1.82) is 0 Å². The summed E-state index contributed by atoms with van der Waals surface area (Å²) >= 11 is 0. The molecule has 0 aromatic carbocycles.